The van der Waals surface area contributed by atoms with Crippen LogP contribution in [0.5, 0.6) is 0 Å². The number of aromatic nitrogens is 1. The normalized spacial score (nSPS) is 12.4. The van der Waals surface area contributed by atoms with Crippen molar-refractivity contribution in [2.24, 2.45) is 0 Å². The topological polar surface area (TPSA) is 85.4 Å². The Morgan fingerprint density at radius 2 is 2.27 bits per heavy atom. The lowest BCUT2D eigenvalue weighted by molar-refractivity contribution is -0.385. The van der Waals surface area contributed by atoms with Crippen molar-refractivity contribution in [1.82, 2.24) is 4.57 Å². The van der Waals surface area contributed by atoms with E-state index >= 15 is 0 Å². The fraction of sp³-hybridized carbons (Fsp3) is 0.444. The third-order valence-corrected chi connectivity index (χ3v) is 1.97. The van der Waals surface area contributed by atoms with E-state index in [-0.39, 0.29) is 17.8 Å². The van der Waals surface area contributed by atoms with Gasteiger partial charge in [-0.05, 0) is 13.3 Å². The first-order valence-electron chi connectivity index (χ1n) is 4.53. The second-order valence-electron chi connectivity index (χ2n) is 3.31. The quantitative estimate of drug-likeness (QED) is 0.582. The minimum atomic E-state index is -0.557. The number of nitro groups is 1. The van der Waals surface area contributed by atoms with Gasteiger partial charge in [0.25, 0.3) is 11.2 Å². The van der Waals surface area contributed by atoms with Gasteiger partial charge in [-0.2, -0.15) is 0 Å². The van der Waals surface area contributed by atoms with Crippen molar-refractivity contribution < 1.29 is 10.0 Å². The lowest BCUT2D eigenvalue weighted by Gasteiger charge is -2.06. The Labute approximate surface area is 85.9 Å². The van der Waals surface area contributed by atoms with E-state index in [0.717, 1.165) is 6.07 Å². The van der Waals surface area contributed by atoms with Crippen LogP contribution < -0.4 is 5.56 Å². The number of hydrogen-bond donors (Lipinski definition) is 1. The van der Waals surface area contributed by atoms with Crippen molar-refractivity contribution in [3.05, 3.63) is 38.8 Å². The maximum absolute atomic E-state index is 11.3. The molecule has 0 bridgehead atoms. The van der Waals surface area contributed by atoms with Gasteiger partial charge in [-0.25, -0.2) is 0 Å². The van der Waals surface area contributed by atoms with E-state index < -0.39 is 11.0 Å². The molecule has 1 unspecified atom stereocenters. The smallest absolute Gasteiger partial charge is 0.285 e. The van der Waals surface area contributed by atoms with Crippen LogP contribution in [0.1, 0.15) is 13.3 Å². The van der Waals surface area contributed by atoms with E-state index in [1.165, 1.54) is 16.8 Å². The highest BCUT2D eigenvalue weighted by Gasteiger charge is 2.07. The van der Waals surface area contributed by atoms with Crippen molar-refractivity contribution in [3.8, 4) is 0 Å². The molecule has 6 heteroatoms. The van der Waals surface area contributed by atoms with Crippen molar-refractivity contribution in [2.75, 3.05) is 0 Å². The van der Waals surface area contributed by atoms with Crippen LogP contribution in [-0.2, 0) is 6.54 Å². The highest BCUT2D eigenvalue weighted by atomic mass is 16.6. The Morgan fingerprint density at radius 3 is 2.80 bits per heavy atom. The molecule has 0 aromatic carbocycles. The summed E-state index contributed by atoms with van der Waals surface area (Å²) in [5.74, 6) is 0. The van der Waals surface area contributed by atoms with Gasteiger partial charge in [0.1, 0.15) is 0 Å². The Bertz CT molecular complexity index is 411. The molecule has 0 saturated heterocycles. The van der Waals surface area contributed by atoms with E-state index in [1.54, 1.807) is 6.92 Å². The summed E-state index contributed by atoms with van der Waals surface area (Å²) in [6, 6.07) is 2.32. The summed E-state index contributed by atoms with van der Waals surface area (Å²) in [6.45, 7) is 1.88. The van der Waals surface area contributed by atoms with E-state index in [4.69, 9.17) is 5.11 Å². The second-order valence-corrected chi connectivity index (χ2v) is 3.31. The summed E-state index contributed by atoms with van der Waals surface area (Å²) in [5.41, 5.74) is -0.429. The number of aliphatic hydroxyl groups is 1. The van der Waals surface area contributed by atoms with E-state index in [9.17, 15) is 14.9 Å². The SMILES string of the molecule is CC(O)CCn1cc([N+](=O)[O-])ccc1=O. The van der Waals surface area contributed by atoms with Crippen LogP contribution in [-0.4, -0.2) is 20.7 Å². The molecule has 0 aliphatic rings. The predicted molar refractivity (Wildman–Crippen MR) is 53.7 cm³/mol. The molecule has 0 amide bonds. The average molecular weight is 212 g/mol. The van der Waals surface area contributed by atoms with E-state index in [0.29, 0.717) is 6.42 Å². The van der Waals surface area contributed by atoms with Crippen LogP contribution in [0.4, 0.5) is 5.69 Å². The zero-order valence-corrected chi connectivity index (χ0v) is 8.29. The van der Waals surface area contributed by atoms with Gasteiger partial charge in [0, 0.05) is 18.7 Å². The van der Waals surface area contributed by atoms with Crippen LogP contribution in [0.15, 0.2) is 23.1 Å². The number of nitrogens with zero attached hydrogens (tertiary/aromatic N) is 2. The predicted octanol–water partition coefficient (Wildman–Crippen LogP) is 0.527. The Balaban J connectivity index is 2.91. The van der Waals surface area contributed by atoms with Gasteiger partial charge in [0.2, 0.25) is 0 Å². The second kappa shape index (κ2) is 4.70. The third kappa shape index (κ3) is 3.17. The van der Waals surface area contributed by atoms with Crippen molar-refractivity contribution in [3.63, 3.8) is 0 Å². The minimum Gasteiger partial charge on any atom is -0.393 e. The number of aryl methyl sites for hydroxylation is 1. The van der Waals surface area contributed by atoms with Crippen LogP contribution in [0.25, 0.3) is 0 Å². The van der Waals surface area contributed by atoms with Crippen molar-refractivity contribution in [2.45, 2.75) is 26.0 Å². The summed E-state index contributed by atoms with van der Waals surface area (Å²) in [7, 11) is 0. The fourth-order valence-corrected chi connectivity index (χ4v) is 1.13. The van der Waals surface area contributed by atoms with Crippen LogP contribution in [0, 0.1) is 10.1 Å². The van der Waals surface area contributed by atoms with Gasteiger partial charge in [0.15, 0.2) is 0 Å². The first-order chi connectivity index (χ1) is 7.00. The van der Waals surface area contributed by atoms with E-state index in [2.05, 4.69) is 0 Å². The Morgan fingerprint density at radius 1 is 1.60 bits per heavy atom. The van der Waals surface area contributed by atoms with Crippen LogP contribution >= 0.6 is 0 Å². The average Bonchev–Trinajstić information content (AvgIpc) is 2.16. The van der Waals surface area contributed by atoms with Gasteiger partial charge in [-0.1, -0.05) is 0 Å². The highest BCUT2D eigenvalue weighted by Crippen LogP contribution is 2.06. The molecular weight excluding hydrogens is 200 g/mol. The zero-order valence-electron chi connectivity index (χ0n) is 8.29. The maximum Gasteiger partial charge on any atom is 0.285 e. The largest absolute Gasteiger partial charge is 0.393 e. The molecule has 1 aromatic rings. The van der Waals surface area contributed by atoms with Gasteiger partial charge < -0.3 is 9.67 Å². The molecule has 15 heavy (non-hydrogen) atoms. The number of pyridine rings is 1. The maximum atomic E-state index is 11.3. The summed E-state index contributed by atoms with van der Waals surface area (Å²) in [4.78, 5) is 21.2. The lowest BCUT2D eigenvalue weighted by Crippen LogP contribution is -2.20. The number of hydrogen-bond acceptors (Lipinski definition) is 4. The first kappa shape index (κ1) is 11.4. The third-order valence-electron chi connectivity index (χ3n) is 1.97. The van der Waals surface area contributed by atoms with E-state index in [1.807, 2.05) is 0 Å². The molecule has 0 aliphatic carbocycles. The Hall–Kier alpha value is -1.69. The molecule has 1 heterocycles. The molecular formula is C9H12N2O4. The zero-order chi connectivity index (χ0) is 11.4. The van der Waals surface area contributed by atoms with Crippen LogP contribution in [0.3, 0.4) is 0 Å². The molecule has 1 rings (SSSR count). The van der Waals surface area contributed by atoms with Gasteiger partial charge in [0.05, 0.1) is 17.2 Å². The lowest BCUT2D eigenvalue weighted by atomic mass is 10.3. The number of rotatable bonds is 4. The minimum absolute atomic E-state index is 0.125. The van der Waals surface area contributed by atoms with Crippen LogP contribution in [0.2, 0.25) is 0 Å². The van der Waals surface area contributed by atoms with Crippen molar-refractivity contribution in [1.29, 1.82) is 0 Å². The monoisotopic (exact) mass is 212 g/mol. The standard InChI is InChI=1S/C9H12N2O4/c1-7(12)4-5-10-6-8(11(14)15)2-3-9(10)13/h2-3,6-7,12H,4-5H2,1H3. The van der Waals surface area contributed by atoms with Gasteiger partial charge in [-0.15, -0.1) is 0 Å². The molecule has 0 radical (unpaired) electrons. The van der Waals surface area contributed by atoms with Gasteiger partial charge in [-0.3, -0.25) is 14.9 Å². The summed E-state index contributed by atoms with van der Waals surface area (Å²) in [6.07, 6.45) is 1.04. The molecule has 0 fully saturated rings. The molecule has 1 aromatic heterocycles. The van der Waals surface area contributed by atoms with Gasteiger partial charge >= 0.3 is 0 Å². The molecule has 1 N–H and O–H groups in total. The number of aliphatic hydroxyl groups excluding tert-OH is 1. The molecule has 6 nitrogen and oxygen atoms in total. The molecule has 0 aliphatic heterocycles. The fourth-order valence-electron chi connectivity index (χ4n) is 1.13. The molecule has 0 saturated carbocycles. The molecule has 1 atom stereocenters. The molecule has 82 valence electrons. The molecule has 0 spiro atoms. The highest BCUT2D eigenvalue weighted by molar-refractivity contribution is 5.24. The summed E-state index contributed by atoms with van der Waals surface area (Å²) in [5, 5.41) is 19.5. The summed E-state index contributed by atoms with van der Waals surface area (Å²) >= 11 is 0. The van der Waals surface area contributed by atoms with Crippen molar-refractivity contribution >= 4 is 5.69 Å². The first-order valence-corrected chi connectivity index (χ1v) is 4.53. The Kier molecular flexibility index (Phi) is 3.56. The summed E-state index contributed by atoms with van der Waals surface area (Å²) < 4.78 is 1.23.